The molecule has 0 amide bonds. The molecule has 0 atom stereocenters. The maximum absolute atomic E-state index is 6.13. The van der Waals surface area contributed by atoms with Crippen LogP contribution in [-0.2, 0) is 0 Å². The SMILES string of the molecule is CN(C)CCCCNc1nc2cccc(Cl)c2s1. The fourth-order valence-electron chi connectivity index (χ4n) is 1.74. The second-order valence-electron chi connectivity index (χ2n) is 4.54. The molecule has 98 valence electrons. The molecule has 2 rings (SSSR count). The van der Waals surface area contributed by atoms with Crippen LogP contribution in [0.4, 0.5) is 5.13 Å². The summed E-state index contributed by atoms with van der Waals surface area (Å²) >= 11 is 7.75. The zero-order valence-corrected chi connectivity index (χ0v) is 12.3. The van der Waals surface area contributed by atoms with Crippen molar-refractivity contribution < 1.29 is 0 Å². The van der Waals surface area contributed by atoms with Crippen molar-refractivity contribution in [1.29, 1.82) is 0 Å². The van der Waals surface area contributed by atoms with Gasteiger partial charge in [-0.15, -0.1) is 0 Å². The molecule has 1 N–H and O–H groups in total. The van der Waals surface area contributed by atoms with Crippen LogP contribution < -0.4 is 5.32 Å². The summed E-state index contributed by atoms with van der Waals surface area (Å²) in [7, 11) is 4.20. The van der Waals surface area contributed by atoms with Crippen LogP contribution in [0.5, 0.6) is 0 Å². The molecule has 0 aliphatic heterocycles. The lowest BCUT2D eigenvalue weighted by molar-refractivity contribution is 0.396. The molecule has 0 aliphatic carbocycles. The molecule has 0 aliphatic rings. The Balaban J connectivity index is 1.87. The first kappa shape index (κ1) is 13.6. The van der Waals surface area contributed by atoms with Crippen molar-refractivity contribution in [2.45, 2.75) is 12.8 Å². The second-order valence-corrected chi connectivity index (χ2v) is 5.95. The van der Waals surface area contributed by atoms with Crippen molar-refractivity contribution >= 4 is 38.3 Å². The van der Waals surface area contributed by atoms with Crippen LogP contribution in [-0.4, -0.2) is 37.1 Å². The molecule has 0 radical (unpaired) electrons. The smallest absolute Gasteiger partial charge is 0.183 e. The van der Waals surface area contributed by atoms with Gasteiger partial charge in [-0.1, -0.05) is 29.0 Å². The van der Waals surface area contributed by atoms with Gasteiger partial charge in [-0.3, -0.25) is 0 Å². The van der Waals surface area contributed by atoms with Gasteiger partial charge in [0, 0.05) is 6.54 Å². The Morgan fingerprint density at radius 2 is 2.17 bits per heavy atom. The van der Waals surface area contributed by atoms with E-state index >= 15 is 0 Å². The number of rotatable bonds is 6. The standard InChI is InChI=1S/C13H18ClN3S/c1-17(2)9-4-3-8-15-13-16-11-7-5-6-10(14)12(11)18-13/h5-7H,3-4,8-9H2,1-2H3,(H,15,16). The highest BCUT2D eigenvalue weighted by Gasteiger charge is 2.05. The molecule has 0 spiro atoms. The van der Waals surface area contributed by atoms with Crippen molar-refractivity contribution in [1.82, 2.24) is 9.88 Å². The van der Waals surface area contributed by atoms with Crippen LogP contribution in [0.2, 0.25) is 5.02 Å². The third-order valence-electron chi connectivity index (χ3n) is 2.68. The summed E-state index contributed by atoms with van der Waals surface area (Å²) in [6.07, 6.45) is 2.35. The number of benzene rings is 1. The Bertz CT molecular complexity index is 510. The van der Waals surface area contributed by atoms with Crippen molar-refractivity contribution in [3.8, 4) is 0 Å². The van der Waals surface area contributed by atoms with E-state index < -0.39 is 0 Å². The molecule has 2 aromatic rings. The maximum atomic E-state index is 6.13. The lowest BCUT2D eigenvalue weighted by atomic mass is 10.3. The monoisotopic (exact) mass is 283 g/mol. The van der Waals surface area contributed by atoms with Gasteiger partial charge < -0.3 is 10.2 Å². The molecular weight excluding hydrogens is 266 g/mol. The molecule has 0 bridgehead atoms. The van der Waals surface area contributed by atoms with Crippen LogP contribution in [0.15, 0.2) is 18.2 Å². The summed E-state index contributed by atoms with van der Waals surface area (Å²) in [5.74, 6) is 0. The summed E-state index contributed by atoms with van der Waals surface area (Å²) in [6.45, 7) is 2.10. The molecular formula is C13H18ClN3S. The van der Waals surface area contributed by atoms with Gasteiger partial charge in [-0.05, 0) is 45.6 Å². The fraction of sp³-hybridized carbons (Fsp3) is 0.462. The van der Waals surface area contributed by atoms with Gasteiger partial charge in [-0.25, -0.2) is 4.98 Å². The molecule has 18 heavy (non-hydrogen) atoms. The lowest BCUT2D eigenvalue weighted by Crippen LogP contribution is -2.14. The largest absolute Gasteiger partial charge is 0.361 e. The number of aromatic nitrogens is 1. The molecule has 0 saturated heterocycles. The van der Waals surface area contributed by atoms with Gasteiger partial charge in [0.25, 0.3) is 0 Å². The first-order valence-electron chi connectivity index (χ1n) is 6.10. The van der Waals surface area contributed by atoms with Crippen LogP contribution in [0.25, 0.3) is 10.2 Å². The zero-order valence-electron chi connectivity index (χ0n) is 10.7. The predicted octanol–water partition coefficient (Wildman–Crippen LogP) is 3.70. The van der Waals surface area contributed by atoms with E-state index in [9.17, 15) is 0 Å². The number of hydrogen-bond donors (Lipinski definition) is 1. The molecule has 0 fully saturated rings. The number of nitrogens with zero attached hydrogens (tertiary/aromatic N) is 2. The van der Waals surface area contributed by atoms with Crippen LogP contribution in [0.3, 0.4) is 0 Å². The van der Waals surface area contributed by atoms with Crippen LogP contribution in [0, 0.1) is 0 Å². The van der Waals surface area contributed by atoms with E-state index in [2.05, 4.69) is 29.3 Å². The minimum Gasteiger partial charge on any atom is -0.361 e. The van der Waals surface area contributed by atoms with E-state index in [-0.39, 0.29) is 0 Å². The molecule has 0 unspecified atom stereocenters. The molecule has 1 aromatic carbocycles. The van der Waals surface area contributed by atoms with E-state index in [4.69, 9.17) is 11.6 Å². The van der Waals surface area contributed by atoms with Gasteiger partial charge in [0.15, 0.2) is 5.13 Å². The van der Waals surface area contributed by atoms with Crippen molar-refractivity contribution in [3.05, 3.63) is 23.2 Å². The minimum absolute atomic E-state index is 0.783. The Morgan fingerprint density at radius 3 is 2.89 bits per heavy atom. The third-order valence-corrected chi connectivity index (χ3v) is 4.16. The number of hydrogen-bond acceptors (Lipinski definition) is 4. The maximum Gasteiger partial charge on any atom is 0.183 e. The Kier molecular flexibility index (Phi) is 4.80. The van der Waals surface area contributed by atoms with E-state index in [0.717, 1.165) is 39.9 Å². The molecule has 5 heteroatoms. The first-order valence-corrected chi connectivity index (χ1v) is 7.30. The lowest BCUT2D eigenvalue weighted by Gasteiger charge is -2.08. The highest BCUT2D eigenvalue weighted by atomic mass is 35.5. The van der Waals surface area contributed by atoms with E-state index in [1.54, 1.807) is 11.3 Å². The van der Waals surface area contributed by atoms with Gasteiger partial charge in [-0.2, -0.15) is 0 Å². The van der Waals surface area contributed by atoms with Gasteiger partial charge >= 0.3 is 0 Å². The second kappa shape index (κ2) is 6.36. The number of unbranched alkanes of at least 4 members (excludes halogenated alkanes) is 1. The summed E-state index contributed by atoms with van der Waals surface area (Å²) in [4.78, 5) is 6.72. The third kappa shape index (κ3) is 3.57. The average Bonchev–Trinajstić information content (AvgIpc) is 2.72. The first-order chi connectivity index (χ1) is 8.66. The molecule has 0 saturated carbocycles. The molecule has 3 nitrogen and oxygen atoms in total. The summed E-state index contributed by atoms with van der Waals surface area (Å²) < 4.78 is 1.06. The number of nitrogens with one attached hydrogen (secondary N) is 1. The van der Waals surface area contributed by atoms with Crippen molar-refractivity contribution in [3.63, 3.8) is 0 Å². The van der Waals surface area contributed by atoms with Gasteiger partial charge in [0.05, 0.1) is 15.2 Å². The van der Waals surface area contributed by atoms with Gasteiger partial charge in [0.1, 0.15) is 0 Å². The summed E-state index contributed by atoms with van der Waals surface area (Å²) in [5, 5.41) is 5.11. The van der Waals surface area contributed by atoms with Crippen LogP contribution in [0.1, 0.15) is 12.8 Å². The highest BCUT2D eigenvalue weighted by Crippen LogP contribution is 2.31. The number of thiazole rings is 1. The van der Waals surface area contributed by atoms with E-state index in [0.29, 0.717) is 0 Å². The Hall–Kier alpha value is -0.840. The molecule has 1 aromatic heterocycles. The minimum atomic E-state index is 0.783. The number of halogens is 1. The average molecular weight is 284 g/mol. The highest BCUT2D eigenvalue weighted by molar-refractivity contribution is 7.22. The quantitative estimate of drug-likeness (QED) is 0.819. The van der Waals surface area contributed by atoms with Gasteiger partial charge in [0.2, 0.25) is 0 Å². The number of fused-ring (bicyclic) bond motifs is 1. The fourth-order valence-corrected chi connectivity index (χ4v) is 2.92. The number of anilines is 1. The Morgan fingerprint density at radius 1 is 1.33 bits per heavy atom. The van der Waals surface area contributed by atoms with Crippen molar-refractivity contribution in [2.24, 2.45) is 0 Å². The van der Waals surface area contributed by atoms with Crippen molar-refractivity contribution in [2.75, 3.05) is 32.5 Å². The van der Waals surface area contributed by atoms with Crippen LogP contribution >= 0.6 is 22.9 Å². The topological polar surface area (TPSA) is 28.2 Å². The predicted molar refractivity (Wildman–Crippen MR) is 80.9 cm³/mol. The normalized spacial score (nSPS) is 11.3. The van der Waals surface area contributed by atoms with E-state index in [1.165, 1.54) is 6.42 Å². The van der Waals surface area contributed by atoms with E-state index in [1.807, 2.05) is 18.2 Å². The summed E-state index contributed by atoms with van der Waals surface area (Å²) in [6, 6.07) is 5.84. The Labute approximate surface area is 117 Å². The summed E-state index contributed by atoms with van der Waals surface area (Å²) in [5.41, 5.74) is 0.975. The molecule has 1 heterocycles. The zero-order chi connectivity index (χ0) is 13.0.